The Hall–Kier alpha value is -0.963. The Labute approximate surface area is 87.8 Å². The molecule has 2 aromatic carbocycles. The zero-order valence-corrected chi connectivity index (χ0v) is 7.70. The fraction of sp³-hybridized carbons (Fsp3) is 0. The summed E-state index contributed by atoms with van der Waals surface area (Å²) in [6, 6.07) is 18.9. The third-order valence-electron chi connectivity index (χ3n) is 2.23. The van der Waals surface area contributed by atoms with Crippen molar-refractivity contribution in [2.75, 3.05) is 0 Å². The fourth-order valence-electron chi connectivity index (χ4n) is 1.51. The first-order valence-corrected chi connectivity index (χ1v) is 4.49. The summed E-state index contributed by atoms with van der Waals surface area (Å²) in [6.07, 6.45) is 0. The summed E-state index contributed by atoms with van der Waals surface area (Å²) < 4.78 is 1.33. The van der Waals surface area contributed by atoms with Gasteiger partial charge < -0.3 is 0 Å². The number of hydrogen-bond acceptors (Lipinski definition) is 0. The topological polar surface area (TPSA) is 0 Å². The van der Waals surface area contributed by atoms with Gasteiger partial charge in [0.2, 0.25) is 0 Å². The molecule has 0 radical (unpaired) electrons. The van der Waals surface area contributed by atoms with Crippen LogP contribution in [-0.4, -0.2) is 17.7 Å². The molecule has 1 heteroatoms. The molecule has 0 unspecified atom stereocenters. The molecule has 0 aliphatic heterocycles. The Morgan fingerprint density at radius 2 is 1.31 bits per heavy atom. The van der Waals surface area contributed by atoms with Crippen molar-refractivity contribution < 1.29 is 0 Å². The molecular formula is C12H9Li. The Kier molecular flexibility index (Phi) is 2.54. The van der Waals surface area contributed by atoms with Gasteiger partial charge in [-0.1, -0.05) is 0 Å². The first-order valence-electron chi connectivity index (χ1n) is 4.49. The summed E-state index contributed by atoms with van der Waals surface area (Å²) in [4.78, 5) is 0. The van der Waals surface area contributed by atoms with E-state index in [2.05, 4.69) is 66.2 Å². The van der Waals surface area contributed by atoms with E-state index < -0.39 is 0 Å². The molecule has 0 aliphatic carbocycles. The minimum absolute atomic E-state index is 1.29. The maximum absolute atomic E-state index is 2.16. The molecule has 0 saturated heterocycles. The summed E-state index contributed by atoms with van der Waals surface area (Å²) >= 11 is 2.14. The molecule has 0 saturated carbocycles. The summed E-state index contributed by atoms with van der Waals surface area (Å²) in [6.45, 7) is 0. The molecule has 0 aromatic heterocycles. The second-order valence-corrected chi connectivity index (χ2v) is 3.18. The van der Waals surface area contributed by atoms with Crippen molar-refractivity contribution in [2.24, 2.45) is 0 Å². The van der Waals surface area contributed by atoms with Crippen LogP contribution in [-0.2, 0) is 0 Å². The molecule has 13 heavy (non-hydrogen) atoms. The van der Waals surface area contributed by atoms with Gasteiger partial charge in [0.15, 0.2) is 0 Å². The van der Waals surface area contributed by atoms with E-state index in [1.165, 1.54) is 15.4 Å². The van der Waals surface area contributed by atoms with Crippen molar-refractivity contribution in [1.82, 2.24) is 0 Å². The third-order valence-corrected chi connectivity index (χ3v) is 2.23. The van der Waals surface area contributed by atoms with Gasteiger partial charge in [-0.3, -0.25) is 0 Å². The Morgan fingerprint density at radius 3 is 2.00 bits per heavy atom. The molecule has 0 fully saturated rings. The molecule has 0 atom stereocenters. The first kappa shape index (κ1) is 8.63. The molecule has 58 valence electrons. The van der Waals surface area contributed by atoms with E-state index in [0.29, 0.717) is 0 Å². The summed E-state index contributed by atoms with van der Waals surface area (Å²) in [5.41, 5.74) is 2.61. The van der Waals surface area contributed by atoms with Crippen molar-refractivity contribution in [2.45, 2.75) is 0 Å². The van der Waals surface area contributed by atoms with Crippen LogP contribution in [0.25, 0.3) is 11.1 Å². The van der Waals surface area contributed by atoms with Gasteiger partial charge in [-0.05, 0) is 0 Å². The van der Waals surface area contributed by atoms with E-state index >= 15 is 0 Å². The molecule has 0 aliphatic rings. The average molecular weight is 160 g/mol. The molecule has 0 nitrogen and oxygen atoms in total. The van der Waals surface area contributed by atoms with Gasteiger partial charge in [-0.2, -0.15) is 0 Å². The standard InChI is InChI=1S/C12H9.Li/c1-3-7-11(8-4-1)12-9-5-2-6-10-12;/h1-9H;. The van der Waals surface area contributed by atoms with Crippen molar-refractivity contribution in [3.8, 4) is 11.1 Å². The van der Waals surface area contributed by atoms with Gasteiger partial charge in [-0.25, -0.2) is 0 Å². The molecule has 0 amide bonds. The van der Waals surface area contributed by atoms with Crippen molar-refractivity contribution in [3.63, 3.8) is 0 Å². The van der Waals surface area contributed by atoms with Crippen LogP contribution >= 0.6 is 0 Å². The van der Waals surface area contributed by atoms with Crippen molar-refractivity contribution in [3.05, 3.63) is 54.6 Å². The second-order valence-electron chi connectivity index (χ2n) is 3.18. The number of rotatable bonds is 1. The van der Waals surface area contributed by atoms with Crippen LogP contribution in [0.3, 0.4) is 0 Å². The van der Waals surface area contributed by atoms with Crippen LogP contribution in [0.1, 0.15) is 0 Å². The zero-order valence-electron chi connectivity index (χ0n) is 7.70. The zero-order chi connectivity index (χ0) is 9.10. The molecule has 2 rings (SSSR count). The Balaban J connectivity index is 2.54. The molecule has 0 heterocycles. The summed E-state index contributed by atoms with van der Waals surface area (Å²) in [5.74, 6) is 0. The van der Waals surface area contributed by atoms with Crippen LogP contribution in [0.2, 0.25) is 0 Å². The van der Waals surface area contributed by atoms with Gasteiger partial charge in [-0.15, -0.1) is 0 Å². The molecule has 0 spiro atoms. The predicted octanol–water partition coefficient (Wildman–Crippen LogP) is 2.15. The van der Waals surface area contributed by atoms with Crippen molar-refractivity contribution >= 4 is 22.0 Å². The van der Waals surface area contributed by atoms with Crippen molar-refractivity contribution in [1.29, 1.82) is 0 Å². The Morgan fingerprint density at radius 1 is 0.692 bits per heavy atom. The van der Waals surface area contributed by atoms with Gasteiger partial charge >= 0.3 is 87.7 Å². The quantitative estimate of drug-likeness (QED) is 0.561. The number of hydrogen-bond donors (Lipinski definition) is 0. The van der Waals surface area contributed by atoms with Crippen LogP contribution in [0.4, 0.5) is 0 Å². The van der Waals surface area contributed by atoms with E-state index in [-0.39, 0.29) is 0 Å². The first-order chi connectivity index (χ1) is 6.38. The maximum atomic E-state index is 2.16. The molecular weight excluding hydrogens is 151 g/mol. The van der Waals surface area contributed by atoms with E-state index in [1.807, 2.05) is 6.07 Å². The Bertz CT molecular complexity index is 393. The molecule has 2 aromatic rings. The second kappa shape index (κ2) is 3.83. The van der Waals surface area contributed by atoms with E-state index in [9.17, 15) is 0 Å². The van der Waals surface area contributed by atoms with Gasteiger partial charge in [0, 0.05) is 0 Å². The van der Waals surface area contributed by atoms with Gasteiger partial charge in [0.25, 0.3) is 0 Å². The SMILES string of the molecule is [Li][c]1ccccc1-c1ccccc1. The minimum atomic E-state index is 1.29. The van der Waals surface area contributed by atoms with Gasteiger partial charge in [0.1, 0.15) is 0 Å². The summed E-state index contributed by atoms with van der Waals surface area (Å²) in [5, 5.41) is 0. The van der Waals surface area contributed by atoms with Crippen LogP contribution in [0.15, 0.2) is 54.6 Å². The van der Waals surface area contributed by atoms with E-state index in [1.54, 1.807) is 0 Å². The van der Waals surface area contributed by atoms with E-state index in [0.717, 1.165) is 0 Å². The van der Waals surface area contributed by atoms with Crippen LogP contribution in [0.5, 0.6) is 0 Å². The third kappa shape index (κ3) is 1.86. The average Bonchev–Trinajstić information content (AvgIpc) is 2.20. The van der Waals surface area contributed by atoms with E-state index in [4.69, 9.17) is 0 Å². The number of benzene rings is 2. The van der Waals surface area contributed by atoms with Crippen LogP contribution in [0, 0.1) is 0 Å². The monoisotopic (exact) mass is 160 g/mol. The molecule has 0 bridgehead atoms. The van der Waals surface area contributed by atoms with Crippen LogP contribution < -0.4 is 4.24 Å². The normalized spacial score (nSPS) is 10.0. The predicted molar refractivity (Wildman–Crippen MR) is 57.3 cm³/mol. The van der Waals surface area contributed by atoms with Gasteiger partial charge in [0.05, 0.1) is 0 Å². The summed E-state index contributed by atoms with van der Waals surface area (Å²) in [7, 11) is 0. The molecule has 0 N–H and O–H groups in total. The fourth-order valence-corrected chi connectivity index (χ4v) is 1.51.